The fourth-order valence-electron chi connectivity index (χ4n) is 1.92. The normalized spacial score (nSPS) is 16.1. The first-order chi connectivity index (χ1) is 9.70. The Balaban J connectivity index is 1.57. The predicted octanol–water partition coefficient (Wildman–Crippen LogP) is 3.26. The van der Waals surface area contributed by atoms with Crippen LogP contribution in [0.3, 0.4) is 0 Å². The Morgan fingerprint density at radius 2 is 2.05 bits per heavy atom. The van der Waals surface area contributed by atoms with Crippen molar-refractivity contribution in [3.63, 3.8) is 0 Å². The minimum atomic E-state index is 0.118. The van der Waals surface area contributed by atoms with Crippen molar-refractivity contribution in [2.45, 2.75) is 38.4 Å². The van der Waals surface area contributed by atoms with Crippen molar-refractivity contribution in [2.75, 3.05) is 5.32 Å². The van der Waals surface area contributed by atoms with Crippen molar-refractivity contribution in [1.82, 2.24) is 15.5 Å². The van der Waals surface area contributed by atoms with Crippen molar-refractivity contribution in [3.05, 3.63) is 40.2 Å². The lowest BCUT2D eigenvalue weighted by molar-refractivity contribution is 0.473. The van der Waals surface area contributed by atoms with Crippen molar-refractivity contribution >= 4 is 21.9 Å². The molecule has 0 saturated heterocycles. The molecular weight excluding hydrogens is 320 g/mol. The predicted molar refractivity (Wildman–Crippen MR) is 80.3 cm³/mol. The molecule has 6 heteroatoms. The van der Waals surface area contributed by atoms with E-state index in [0.717, 1.165) is 4.47 Å². The van der Waals surface area contributed by atoms with Crippen LogP contribution in [0.15, 0.2) is 33.2 Å². The standard InChI is InChI=1S/C14H17BrN4O/c1-9(10-2-4-11(15)5-3-10)17-14-19-18-13(20-14)8-16-12-6-7-12/h2-5,9,12,16H,6-8H2,1H3,(H,17,19). The molecule has 1 heterocycles. The Morgan fingerprint density at radius 1 is 1.30 bits per heavy atom. The number of rotatable bonds is 6. The number of benzene rings is 1. The molecule has 1 unspecified atom stereocenters. The molecule has 0 amide bonds. The maximum Gasteiger partial charge on any atom is 0.315 e. The van der Waals surface area contributed by atoms with E-state index in [9.17, 15) is 0 Å². The van der Waals surface area contributed by atoms with Gasteiger partial charge in [0.15, 0.2) is 0 Å². The van der Waals surface area contributed by atoms with Crippen LogP contribution in [0.1, 0.15) is 37.3 Å². The van der Waals surface area contributed by atoms with Gasteiger partial charge in [0.1, 0.15) is 0 Å². The maximum atomic E-state index is 5.57. The molecule has 1 aliphatic rings. The second-order valence-electron chi connectivity index (χ2n) is 5.07. The quantitative estimate of drug-likeness (QED) is 0.847. The summed E-state index contributed by atoms with van der Waals surface area (Å²) in [6, 6.07) is 9.39. The molecule has 5 nitrogen and oxygen atoms in total. The summed E-state index contributed by atoms with van der Waals surface area (Å²) in [6.45, 7) is 2.71. The van der Waals surface area contributed by atoms with E-state index in [1.165, 1.54) is 18.4 Å². The number of hydrogen-bond acceptors (Lipinski definition) is 5. The Kier molecular flexibility index (Phi) is 4.03. The van der Waals surface area contributed by atoms with Gasteiger partial charge in [0.05, 0.1) is 12.6 Å². The minimum Gasteiger partial charge on any atom is -0.407 e. The van der Waals surface area contributed by atoms with E-state index >= 15 is 0 Å². The molecule has 0 aliphatic heterocycles. The van der Waals surface area contributed by atoms with Gasteiger partial charge in [-0.2, -0.15) is 0 Å². The van der Waals surface area contributed by atoms with Crippen LogP contribution in [-0.4, -0.2) is 16.2 Å². The Hall–Kier alpha value is -1.40. The average molecular weight is 337 g/mol. The largest absolute Gasteiger partial charge is 0.407 e. The molecule has 3 rings (SSSR count). The highest BCUT2D eigenvalue weighted by molar-refractivity contribution is 9.10. The highest BCUT2D eigenvalue weighted by Gasteiger charge is 2.21. The number of anilines is 1. The van der Waals surface area contributed by atoms with Crippen LogP contribution in [0.2, 0.25) is 0 Å². The van der Waals surface area contributed by atoms with Crippen molar-refractivity contribution in [3.8, 4) is 0 Å². The first-order valence-electron chi connectivity index (χ1n) is 6.78. The summed E-state index contributed by atoms with van der Waals surface area (Å²) in [5.74, 6) is 0.627. The van der Waals surface area contributed by atoms with Crippen LogP contribution in [0, 0.1) is 0 Å². The molecule has 1 aliphatic carbocycles. The van der Waals surface area contributed by atoms with Gasteiger partial charge in [-0.3, -0.25) is 0 Å². The van der Waals surface area contributed by atoms with Crippen LogP contribution in [0.25, 0.3) is 0 Å². The van der Waals surface area contributed by atoms with E-state index in [2.05, 4.69) is 55.8 Å². The zero-order valence-corrected chi connectivity index (χ0v) is 12.9. The summed E-state index contributed by atoms with van der Waals surface area (Å²) in [4.78, 5) is 0. The SMILES string of the molecule is CC(Nc1nnc(CNC2CC2)o1)c1ccc(Br)cc1. The summed E-state index contributed by atoms with van der Waals surface area (Å²) >= 11 is 3.43. The van der Waals surface area contributed by atoms with Gasteiger partial charge in [0.25, 0.3) is 0 Å². The van der Waals surface area contributed by atoms with E-state index < -0.39 is 0 Å². The fraction of sp³-hybridized carbons (Fsp3) is 0.429. The number of aromatic nitrogens is 2. The van der Waals surface area contributed by atoms with Gasteiger partial charge >= 0.3 is 6.01 Å². The topological polar surface area (TPSA) is 63.0 Å². The second kappa shape index (κ2) is 5.93. The smallest absolute Gasteiger partial charge is 0.315 e. The van der Waals surface area contributed by atoms with Crippen molar-refractivity contribution < 1.29 is 4.42 Å². The summed E-state index contributed by atoms with van der Waals surface area (Å²) in [5.41, 5.74) is 1.17. The Bertz CT molecular complexity index is 565. The minimum absolute atomic E-state index is 0.118. The maximum absolute atomic E-state index is 5.57. The van der Waals surface area contributed by atoms with E-state index in [4.69, 9.17) is 4.42 Å². The van der Waals surface area contributed by atoms with E-state index in [-0.39, 0.29) is 6.04 Å². The third kappa shape index (κ3) is 3.58. The molecule has 1 atom stereocenters. The molecule has 1 aromatic heterocycles. The van der Waals surface area contributed by atoms with E-state index in [1.807, 2.05) is 12.1 Å². The molecule has 20 heavy (non-hydrogen) atoms. The molecule has 1 fully saturated rings. The van der Waals surface area contributed by atoms with Gasteiger partial charge in [-0.15, -0.1) is 5.10 Å². The van der Waals surface area contributed by atoms with Crippen molar-refractivity contribution in [1.29, 1.82) is 0 Å². The number of nitrogens with zero attached hydrogens (tertiary/aromatic N) is 2. The van der Waals surface area contributed by atoms with E-state index in [0.29, 0.717) is 24.5 Å². The van der Waals surface area contributed by atoms with Gasteiger partial charge in [0.2, 0.25) is 5.89 Å². The molecule has 2 N–H and O–H groups in total. The third-order valence-corrected chi connectivity index (χ3v) is 3.82. The van der Waals surface area contributed by atoms with Crippen LogP contribution in [0.4, 0.5) is 6.01 Å². The average Bonchev–Trinajstić information content (AvgIpc) is 3.17. The summed E-state index contributed by atoms with van der Waals surface area (Å²) in [6.07, 6.45) is 2.50. The highest BCUT2D eigenvalue weighted by Crippen LogP contribution is 2.21. The van der Waals surface area contributed by atoms with Crippen LogP contribution in [0.5, 0.6) is 0 Å². The van der Waals surface area contributed by atoms with Crippen molar-refractivity contribution in [2.24, 2.45) is 0 Å². The van der Waals surface area contributed by atoms with Gasteiger partial charge in [-0.1, -0.05) is 33.2 Å². The van der Waals surface area contributed by atoms with Gasteiger partial charge in [-0.25, -0.2) is 0 Å². The van der Waals surface area contributed by atoms with Gasteiger partial charge < -0.3 is 15.1 Å². The lowest BCUT2D eigenvalue weighted by Gasteiger charge is -2.11. The Morgan fingerprint density at radius 3 is 2.75 bits per heavy atom. The Labute approximate surface area is 126 Å². The lowest BCUT2D eigenvalue weighted by Crippen LogP contribution is -2.15. The summed E-state index contributed by atoms with van der Waals surface area (Å²) in [5, 5.41) is 14.6. The van der Waals surface area contributed by atoms with Gasteiger partial charge in [0, 0.05) is 10.5 Å². The zero-order chi connectivity index (χ0) is 13.9. The van der Waals surface area contributed by atoms with Gasteiger partial charge in [-0.05, 0) is 37.5 Å². The lowest BCUT2D eigenvalue weighted by atomic mass is 10.1. The third-order valence-electron chi connectivity index (χ3n) is 3.30. The first kappa shape index (κ1) is 13.6. The number of hydrogen-bond donors (Lipinski definition) is 2. The van der Waals surface area contributed by atoms with E-state index in [1.54, 1.807) is 0 Å². The molecular formula is C14H17BrN4O. The fourth-order valence-corrected chi connectivity index (χ4v) is 2.19. The summed E-state index contributed by atoms with van der Waals surface area (Å²) < 4.78 is 6.64. The molecule has 2 aromatic rings. The van der Waals surface area contributed by atoms with Crippen LogP contribution < -0.4 is 10.6 Å². The molecule has 106 valence electrons. The number of nitrogens with one attached hydrogen (secondary N) is 2. The second-order valence-corrected chi connectivity index (χ2v) is 5.99. The molecule has 1 aromatic carbocycles. The highest BCUT2D eigenvalue weighted by atomic mass is 79.9. The molecule has 1 saturated carbocycles. The van der Waals surface area contributed by atoms with Crippen LogP contribution >= 0.6 is 15.9 Å². The molecule has 0 radical (unpaired) electrons. The molecule has 0 bridgehead atoms. The zero-order valence-electron chi connectivity index (χ0n) is 11.3. The first-order valence-corrected chi connectivity index (χ1v) is 7.58. The number of halogens is 1. The monoisotopic (exact) mass is 336 g/mol. The van der Waals surface area contributed by atoms with Crippen LogP contribution in [-0.2, 0) is 6.54 Å². The molecule has 0 spiro atoms. The summed E-state index contributed by atoms with van der Waals surface area (Å²) in [7, 11) is 0.